The maximum absolute atomic E-state index is 13.1. The van der Waals surface area contributed by atoms with Gasteiger partial charge in [0.15, 0.2) is 0 Å². The smallest absolute Gasteiger partial charge is 0.321 e. The van der Waals surface area contributed by atoms with Gasteiger partial charge in [0.2, 0.25) is 0 Å². The van der Waals surface area contributed by atoms with Crippen LogP contribution in [0.15, 0.2) is 48.5 Å². The number of piperazine rings is 1. The number of hydrogen-bond acceptors (Lipinski definition) is 3. The molecule has 2 aromatic carbocycles. The summed E-state index contributed by atoms with van der Waals surface area (Å²) in [6.45, 7) is 3.81. The second kappa shape index (κ2) is 13.1. The van der Waals surface area contributed by atoms with Crippen LogP contribution in [0.4, 0.5) is 14.9 Å². The Labute approximate surface area is 184 Å². The molecule has 7 heteroatoms. The Morgan fingerprint density at radius 2 is 1.77 bits per heavy atom. The molecule has 1 heterocycles. The van der Waals surface area contributed by atoms with Gasteiger partial charge in [-0.2, -0.15) is 0 Å². The number of nitrogens with one attached hydrogen (secondary N) is 2. The van der Waals surface area contributed by atoms with Crippen molar-refractivity contribution in [1.82, 2.24) is 10.2 Å². The molecule has 0 atom stereocenters. The summed E-state index contributed by atoms with van der Waals surface area (Å²) in [7, 11) is 0. The van der Waals surface area contributed by atoms with E-state index in [2.05, 4.69) is 22.8 Å². The summed E-state index contributed by atoms with van der Waals surface area (Å²) in [5, 5.41) is 6.21. The highest BCUT2D eigenvalue weighted by molar-refractivity contribution is 5.89. The topological polar surface area (TPSA) is 53.6 Å². The molecule has 0 saturated carbocycles. The number of aryl methyl sites for hydroxylation is 1. The number of amides is 2. The van der Waals surface area contributed by atoms with Crippen LogP contribution in [-0.4, -0.2) is 43.7 Å². The van der Waals surface area contributed by atoms with Gasteiger partial charge in [-0.25, -0.2) is 9.18 Å². The molecule has 0 spiro atoms. The van der Waals surface area contributed by atoms with Gasteiger partial charge in [-0.1, -0.05) is 31.0 Å². The molecule has 0 radical (unpaired) electrons. The van der Waals surface area contributed by atoms with Crippen molar-refractivity contribution < 1.29 is 13.9 Å². The fraction of sp³-hybridized carbons (Fsp3) is 0.435. The Balaban J connectivity index is 0.00000320. The Bertz CT molecular complexity index is 767. The van der Waals surface area contributed by atoms with Crippen LogP contribution < -0.4 is 15.4 Å². The van der Waals surface area contributed by atoms with E-state index in [1.54, 1.807) is 12.1 Å². The Morgan fingerprint density at radius 3 is 2.50 bits per heavy atom. The molecule has 1 saturated heterocycles. The molecular formula is C23H31ClFN3O2. The quantitative estimate of drug-likeness (QED) is 0.552. The largest absolute Gasteiger partial charge is 0.493 e. The molecule has 1 aliphatic heterocycles. The van der Waals surface area contributed by atoms with Crippen LogP contribution >= 0.6 is 12.4 Å². The fourth-order valence-electron chi connectivity index (χ4n) is 3.36. The molecule has 164 valence electrons. The molecule has 3 rings (SSSR count). The number of carbonyl (C=O) groups excluding carboxylic acids is 1. The molecule has 0 aromatic heterocycles. The van der Waals surface area contributed by atoms with Crippen LogP contribution in [-0.2, 0) is 6.42 Å². The first-order valence-electron chi connectivity index (χ1n) is 10.4. The normalized spacial score (nSPS) is 13.4. The van der Waals surface area contributed by atoms with E-state index in [1.807, 2.05) is 17.0 Å². The van der Waals surface area contributed by atoms with Gasteiger partial charge in [0, 0.05) is 37.9 Å². The average Bonchev–Trinajstić information content (AvgIpc) is 2.75. The van der Waals surface area contributed by atoms with Crippen molar-refractivity contribution in [3.8, 4) is 5.75 Å². The summed E-state index contributed by atoms with van der Waals surface area (Å²) >= 11 is 0. The van der Waals surface area contributed by atoms with Crippen molar-refractivity contribution in [1.29, 1.82) is 0 Å². The lowest BCUT2D eigenvalue weighted by atomic mass is 10.1. The van der Waals surface area contributed by atoms with E-state index < -0.39 is 0 Å². The number of benzene rings is 2. The zero-order valence-electron chi connectivity index (χ0n) is 17.2. The minimum Gasteiger partial charge on any atom is -0.493 e. The van der Waals surface area contributed by atoms with Gasteiger partial charge in [0.1, 0.15) is 11.6 Å². The summed E-state index contributed by atoms with van der Waals surface area (Å²) in [4.78, 5) is 14.1. The van der Waals surface area contributed by atoms with Crippen molar-refractivity contribution in [3.05, 3.63) is 59.9 Å². The van der Waals surface area contributed by atoms with Gasteiger partial charge < -0.3 is 20.3 Å². The third kappa shape index (κ3) is 8.20. The highest BCUT2D eigenvalue weighted by Gasteiger charge is 2.15. The number of rotatable bonds is 9. The average molecular weight is 436 g/mol. The lowest BCUT2D eigenvalue weighted by Gasteiger charge is -2.27. The van der Waals surface area contributed by atoms with Crippen molar-refractivity contribution in [2.24, 2.45) is 0 Å². The van der Waals surface area contributed by atoms with Crippen molar-refractivity contribution in [2.45, 2.75) is 32.1 Å². The first-order chi connectivity index (χ1) is 14.2. The standard InChI is InChI=1S/C23H30FN3O2.ClH/c24-20-7-5-8-22(18-20)29-17-4-2-1-3-6-19-9-11-21(12-10-19)26-23(28)27-15-13-25-14-16-27;/h5,7-12,18,25H,1-4,6,13-17H2,(H,26,28);1H. The molecule has 30 heavy (non-hydrogen) atoms. The van der Waals surface area contributed by atoms with Crippen molar-refractivity contribution in [3.63, 3.8) is 0 Å². The second-order valence-electron chi connectivity index (χ2n) is 7.33. The number of unbranched alkanes of at least 4 members (excludes halogenated alkanes) is 3. The van der Waals surface area contributed by atoms with Gasteiger partial charge in [-0.05, 0) is 49.1 Å². The first-order valence-corrected chi connectivity index (χ1v) is 10.4. The minimum atomic E-state index is -0.267. The maximum atomic E-state index is 13.1. The van der Waals surface area contributed by atoms with Gasteiger partial charge in [0.05, 0.1) is 6.61 Å². The fourth-order valence-corrected chi connectivity index (χ4v) is 3.36. The maximum Gasteiger partial charge on any atom is 0.321 e. The molecule has 2 amide bonds. The summed E-state index contributed by atoms with van der Waals surface area (Å²) < 4.78 is 18.6. The van der Waals surface area contributed by atoms with Crippen LogP contribution in [0.5, 0.6) is 5.75 Å². The molecule has 2 aromatic rings. The van der Waals surface area contributed by atoms with E-state index in [9.17, 15) is 9.18 Å². The summed E-state index contributed by atoms with van der Waals surface area (Å²) in [5.74, 6) is 0.325. The van der Waals surface area contributed by atoms with Gasteiger partial charge in [0.25, 0.3) is 0 Å². The number of urea groups is 1. The van der Waals surface area contributed by atoms with E-state index in [1.165, 1.54) is 17.7 Å². The van der Waals surface area contributed by atoms with Crippen molar-refractivity contribution >= 4 is 24.1 Å². The summed E-state index contributed by atoms with van der Waals surface area (Å²) in [6, 6.07) is 14.4. The third-order valence-electron chi connectivity index (χ3n) is 5.03. The summed E-state index contributed by atoms with van der Waals surface area (Å²) in [6.07, 6.45) is 5.33. The zero-order chi connectivity index (χ0) is 20.3. The number of carbonyl (C=O) groups is 1. The Hall–Kier alpha value is -2.31. The highest BCUT2D eigenvalue weighted by atomic mass is 35.5. The number of halogens is 2. The Morgan fingerprint density at radius 1 is 1.03 bits per heavy atom. The molecular weight excluding hydrogens is 405 g/mol. The monoisotopic (exact) mass is 435 g/mol. The van der Waals surface area contributed by atoms with Gasteiger partial charge >= 0.3 is 6.03 Å². The third-order valence-corrected chi connectivity index (χ3v) is 5.03. The molecule has 0 aliphatic carbocycles. The lowest BCUT2D eigenvalue weighted by molar-refractivity contribution is 0.204. The highest BCUT2D eigenvalue weighted by Crippen LogP contribution is 2.15. The lowest BCUT2D eigenvalue weighted by Crippen LogP contribution is -2.48. The van der Waals surface area contributed by atoms with Crippen LogP contribution in [0, 0.1) is 5.82 Å². The minimum absolute atomic E-state index is 0. The number of hydrogen-bond donors (Lipinski definition) is 2. The zero-order valence-corrected chi connectivity index (χ0v) is 18.1. The number of ether oxygens (including phenoxy) is 1. The SMILES string of the molecule is Cl.O=C(Nc1ccc(CCCCCCOc2cccc(F)c2)cc1)N1CCNCC1. The Kier molecular flexibility index (Phi) is 10.5. The second-order valence-corrected chi connectivity index (χ2v) is 7.33. The molecule has 1 fully saturated rings. The van der Waals surface area contributed by atoms with E-state index in [0.29, 0.717) is 12.4 Å². The molecule has 1 aliphatic rings. The van der Waals surface area contributed by atoms with E-state index in [0.717, 1.165) is 64.0 Å². The van der Waals surface area contributed by atoms with Crippen LogP contribution in [0.2, 0.25) is 0 Å². The number of nitrogens with zero attached hydrogens (tertiary/aromatic N) is 1. The number of anilines is 1. The predicted molar refractivity (Wildman–Crippen MR) is 121 cm³/mol. The van der Waals surface area contributed by atoms with Crippen LogP contribution in [0.1, 0.15) is 31.2 Å². The predicted octanol–water partition coefficient (Wildman–Crippen LogP) is 4.87. The molecule has 0 bridgehead atoms. The molecule has 0 unspecified atom stereocenters. The summed E-state index contributed by atoms with van der Waals surface area (Å²) in [5.41, 5.74) is 2.12. The molecule has 2 N–H and O–H groups in total. The van der Waals surface area contributed by atoms with Gasteiger partial charge in [-0.3, -0.25) is 0 Å². The molecule has 5 nitrogen and oxygen atoms in total. The van der Waals surface area contributed by atoms with Gasteiger partial charge in [-0.15, -0.1) is 12.4 Å². The van der Waals surface area contributed by atoms with E-state index >= 15 is 0 Å². The van der Waals surface area contributed by atoms with E-state index in [4.69, 9.17) is 4.74 Å². The van der Waals surface area contributed by atoms with E-state index in [-0.39, 0.29) is 24.3 Å². The van der Waals surface area contributed by atoms with Crippen LogP contribution in [0.3, 0.4) is 0 Å². The first kappa shape index (κ1) is 24.0. The van der Waals surface area contributed by atoms with Crippen molar-refractivity contribution in [2.75, 3.05) is 38.1 Å². The van der Waals surface area contributed by atoms with Crippen LogP contribution in [0.25, 0.3) is 0 Å².